The standard InChI is InChI=1S/C22H35N5O5S/c1-11-17-16(12(2)28)21(30)27(17)18(22(31)32)19(11)33-14-7-15(25-9-14)20(29)26-6-3-13(10-26)8-24-5-4-23/h11-17,24-25,28H,3-10,23H2,1-2H3,(H,31,32)/t11-,12-,13+,14+,15+,16-,17-/m1/s1. The van der Waals surface area contributed by atoms with Crippen LogP contribution in [0.1, 0.15) is 26.7 Å². The highest BCUT2D eigenvalue weighted by molar-refractivity contribution is 8.03. The molecular formula is C22H35N5O5S. The highest BCUT2D eigenvalue weighted by Gasteiger charge is 2.60. The van der Waals surface area contributed by atoms with Gasteiger partial charge in [0.15, 0.2) is 0 Å². The molecule has 4 aliphatic rings. The number of nitrogens with one attached hydrogen (secondary N) is 2. The molecule has 7 atom stereocenters. The summed E-state index contributed by atoms with van der Waals surface area (Å²) in [6.45, 7) is 7.86. The van der Waals surface area contributed by atoms with Crippen molar-refractivity contribution in [2.24, 2.45) is 23.5 Å². The molecule has 0 spiro atoms. The van der Waals surface area contributed by atoms with Crippen LogP contribution in [0.2, 0.25) is 0 Å². The second kappa shape index (κ2) is 9.91. The third kappa shape index (κ3) is 4.53. The molecule has 10 nitrogen and oxygen atoms in total. The summed E-state index contributed by atoms with van der Waals surface area (Å²) in [4.78, 5) is 41.5. The first-order valence-corrected chi connectivity index (χ1v) is 12.7. The van der Waals surface area contributed by atoms with Crippen LogP contribution in [0, 0.1) is 17.8 Å². The highest BCUT2D eigenvalue weighted by Crippen LogP contribution is 2.51. The van der Waals surface area contributed by atoms with Crippen LogP contribution < -0.4 is 16.4 Å². The number of aliphatic hydroxyl groups excluding tert-OH is 1. The molecule has 0 aromatic carbocycles. The number of carbonyl (C=O) groups is 3. The predicted octanol–water partition coefficient (Wildman–Crippen LogP) is -0.999. The molecule has 0 bridgehead atoms. The first-order valence-electron chi connectivity index (χ1n) is 11.8. The van der Waals surface area contributed by atoms with Crippen molar-refractivity contribution < 1.29 is 24.6 Å². The highest BCUT2D eigenvalue weighted by atomic mass is 32.2. The van der Waals surface area contributed by atoms with Gasteiger partial charge in [0.05, 0.1) is 24.1 Å². The Morgan fingerprint density at radius 1 is 1.39 bits per heavy atom. The number of nitrogens with two attached hydrogens (primary N) is 1. The lowest BCUT2D eigenvalue weighted by atomic mass is 9.79. The number of nitrogens with zero attached hydrogens (tertiary/aromatic N) is 2. The fourth-order valence-corrected chi connectivity index (χ4v) is 7.15. The van der Waals surface area contributed by atoms with Crippen LogP contribution in [-0.4, -0.2) is 101 Å². The van der Waals surface area contributed by atoms with E-state index < -0.39 is 18.0 Å². The van der Waals surface area contributed by atoms with E-state index in [1.807, 2.05) is 11.8 Å². The van der Waals surface area contributed by atoms with E-state index in [0.717, 1.165) is 32.6 Å². The molecule has 33 heavy (non-hydrogen) atoms. The van der Waals surface area contributed by atoms with Crippen LogP contribution in [-0.2, 0) is 14.4 Å². The predicted molar refractivity (Wildman–Crippen MR) is 124 cm³/mol. The maximum absolute atomic E-state index is 13.0. The number of thioether (sulfide) groups is 1. The molecular weight excluding hydrogens is 446 g/mol. The molecule has 2 amide bonds. The number of amides is 2. The Labute approximate surface area is 198 Å². The van der Waals surface area contributed by atoms with Gasteiger partial charge in [-0.15, -0.1) is 11.8 Å². The molecule has 0 aromatic heterocycles. The van der Waals surface area contributed by atoms with E-state index in [9.17, 15) is 24.6 Å². The van der Waals surface area contributed by atoms with Crippen molar-refractivity contribution in [2.45, 2.75) is 50.1 Å². The van der Waals surface area contributed by atoms with E-state index in [1.54, 1.807) is 6.92 Å². The molecule has 0 unspecified atom stereocenters. The van der Waals surface area contributed by atoms with Gasteiger partial charge in [-0.1, -0.05) is 6.92 Å². The van der Waals surface area contributed by atoms with E-state index in [2.05, 4.69) is 10.6 Å². The first-order chi connectivity index (χ1) is 15.7. The number of fused-ring (bicyclic) bond motifs is 1. The van der Waals surface area contributed by atoms with Crippen LogP contribution in [0.15, 0.2) is 10.6 Å². The average Bonchev–Trinajstić information content (AvgIpc) is 3.47. The topological polar surface area (TPSA) is 148 Å². The van der Waals surface area contributed by atoms with E-state index in [1.165, 1.54) is 16.7 Å². The zero-order valence-electron chi connectivity index (χ0n) is 19.2. The number of aliphatic hydroxyl groups is 1. The van der Waals surface area contributed by atoms with Gasteiger partial charge in [0.1, 0.15) is 5.70 Å². The van der Waals surface area contributed by atoms with Crippen LogP contribution in [0.3, 0.4) is 0 Å². The van der Waals surface area contributed by atoms with Crippen molar-refractivity contribution in [3.63, 3.8) is 0 Å². The number of likely N-dealkylation sites (tertiary alicyclic amines) is 1. The summed E-state index contributed by atoms with van der Waals surface area (Å²) in [5.41, 5.74) is 5.56. The fourth-order valence-electron chi connectivity index (χ4n) is 5.67. The number of carbonyl (C=O) groups excluding carboxylic acids is 2. The molecule has 0 aliphatic carbocycles. The monoisotopic (exact) mass is 481 g/mol. The summed E-state index contributed by atoms with van der Waals surface area (Å²) < 4.78 is 0. The summed E-state index contributed by atoms with van der Waals surface area (Å²) in [7, 11) is 0. The summed E-state index contributed by atoms with van der Waals surface area (Å²) >= 11 is 1.47. The van der Waals surface area contributed by atoms with Crippen LogP contribution >= 0.6 is 11.8 Å². The van der Waals surface area contributed by atoms with E-state index in [-0.39, 0.29) is 40.8 Å². The largest absolute Gasteiger partial charge is 0.477 e. The van der Waals surface area contributed by atoms with Crippen molar-refractivity contribution in [2.75, 3.05) is 39.3 Å². The van der Waals surface area contributed by atoms with E-state index >= 15 is 0 Å². The maximum atomic E-state index is 13.0. The van der Waals surface area contributed by atoms with Gasteiger partial charge >= 0.3 is 5.97 Å². The molecule has 4 heterocycles. The maximum Gasteiger partial charge on any atom is 0.353 e. The molecule has 3 saturated heterocycles. The van der Waals surface area contributed by atoms with Crippen molar-refractivity contribution in [1.82, 2.24) is 20.4 Å². The zero-order valence-corrected chi connectivity index (χ0v) is 20.0. The third-order valence-electron chi connectivity index (χ3n) is 7.35. The lowest BCUT2D eigenvalue weighted by Gasteiger charge is -2.46. The Balaban J connectivity index is 1.36. The number of carboxylic acids is 1. The van der Waals surface area contributed by atoms with Crippen molar-refractivity contribution >= 4 is 29.5 Å². The Bertz CT molecular complexity index is 836. The number of aliphatic carboxylic acids is 1. The normalized spacial score (nSPS) is 34.6. The minimum atomic E-state index is -1.12. The summed E-state index contributed by atoms with van der Waals surface area (Å²) in [6.07, 6.45) is 0.791. The Hall–Kier alpha value is -1.66. The fraction of sp³-hybridized carbons (Fsp3) is 0.773. The lowest BCUT2D eigenvalue weighted by molar-refractivity contribution is -0.163. The second-order valence-electron chi connectivity index (χ2n) is 9.64. The van der Waals surface area contributed by atoms with Gasteiger partial charge in [-0.3, -0.25) is 9.59 Å². The molecule has 0 saturated carbocycles. The van der Waals surface area contributed by atoms with Gasteiger partial charge in [0.25, 0.3) is 0 Å². The molecule has 3 fully saturated rings. The number of β-lactam (4-membered cyclic amide) rings is 1. The Morgan fingerprint density at radius 3 is 2.82 bits per heavy atom. The second-order valence-corrected chi connectivity index (χ2v) is 11.0. The minimum Gasteiger partial charge on any atom is -0.477 e. The molecule has 4 aliphatic heterocycles. The van der Waals surface area contributed by atoms with E-state index in [0.29, 0.717) is 30.3 Å². The number of hydrogen-bond donors (Lipinski definition) is 5. The van der Waals surface area contributed by atoms with Gasteiger partial charge in [-0.05, 0) is 32.2 Å². The molecule has 0 radical (unpaired) electrons. The Morgan fingerprint density at radius 2 is 2.15 bits per heavy atom. The van der Waals surface area contributed by atoms with Gasteiger partial charge in [0.2, 0.25) is 11.8 Å². The smallest absolute Gasteiger partial charge is 0.353 e. The van der Waals surface area contributed by atoms with Gasteiger partial charge in [-0.2, -0.15) is 0 Å². The first kappa shape index (κ1) is 24.5. The summed E-state index contributed by atoms with van der Waals surface area (Å²) in [6, 6.07) is -0.583. The van der Waals surface area contributed by atoms with Crippen LogP contribution in [0.4, 0.5) is 0 Å². The third-order valence-corrected chi connectivity index (χ3v) is 8.86. The number of rotatable bonds is 9. The van der Waals surface area contributed by atoms with Crippen molar-refractivity contribution in [1.29, 1.82) is 0 Å². The van der Waals surface area contributed by atoms with Crippen LogP contribution in [0.25, 0.3) is 0 Å². The lowest BCUT2D eigenvalue weighted by Crippen LogP contribution is -2.63. The summed E-state index contributed by atoms with van der Waals surface area (Å²) in [5.74, 6) is -1.61. The van der Waals surface area contributed by atoms with Gasteiger partial charge in [-0.25, -0.2) is 4.79 Å². The molecule has 184 valence electrons. The van der Waals surface area contributed by atoms with Crippen molar-refractivity contribution in [3.05, 3.63) is 10.6 Å². The molecule has 4 rings (SSSR count). The average molecular weight is 482 g/mol. The molecule has 0 aromatic rings. The Kier molecular flexibility index (Phi) is 7.35. The number of hydrogen-bond acceptors (Lipinski definition) is 8. The molecule has 11 heteroatoms. The van der Waals surface area contributed by atoms with Gasteiger partial charge < -0.3 is 36.4 Å². The van der Waals surface area contributed by atoms with E-state index in [4.69, 9.17) is 5.73 Å². The SMILES string of the molecule is C[C@@H](O)[C@H]1C(=O)N2C(C(=O)O)=C(S[C@@H]3CN[C@H](C(=O)N4CC[C@@H](CNCCN)C4)C3)[C@H](C)[C@H]12. The van der Waals surface area contributed by atoms with Crippen molar-refractivity contribution in [3.8, 4) is 0 Å². The number of carboxylic acid groups (broad SMARTS) is 1. The zero-order chi connectivity index (χ0) is 23.9. The molecule has 6 N–H and O–H groups in total. The van der Waals surface area contributed by atoms with Gasteiger partial charge in [0, 0.05) is 48.8 Å². The van der Waals surface area contributed by atoms with Crippen LogP contribution in [0.5, 0.6) is 0 Å². The summed E-state index contributed by atoms with van der Waals surface area (Å²) in [5, 5.41) is 26.5. The quantitative estimate of drug-likeness (QED) is 0.207. The minimum absolute atomic E-state index is 0.0431.